The fourth-order valence-electron chi connectivity index (χ4n) is 4.09. The Morgan fingerprint density at radius 3 is 2.48 bits per heavy atom. The monoisotopic (exact) mass is 491 g/mol. The molecule has 1 atom stereocenters. The Kier molecular flexibility index (Phi) is 8.69. The summed E-state index contributed by atoms with van der Waals surface area (Å²) in [5.74, 6) is -0.649. The van der Waals surface area contributed by atoms with Crippen LogP contribution in [0.5, 0.6) is 0 Å². The van der Waals surface area contributed by atoms with Crippen LogP contribution in [0.1, 0.15) is 50.2 Å². The molecule has 1 aliphatic carbocycles. The number of carbonyl (C=O) groups excluding carboxylic acids is 2. The van der Waals surface area contributed by atoms with E-state index in [-0.39, 0.29) is 30.6 Å². The van der Waals surface area contributed by atoms with Gasteiger partial charge in [-0.25, -0.2) is 0 Å². The summed E-state index contributed by atoms with van der Waals surface area (Å²) < 4.78 is 0. The van der Waals surface area contributed by atoms with Gasteiger partial charge in [0.1, 0.15) is 6.04 Å². The van der Waals surface area contributed by atoms with Gasteiger partial charge in [-0.15, -0.1) is 0 Å². The van der Waals surface area contributed by atoms with Gasteiger partial charge in [0.25, 0.3) is 5.69 Å². The maximum absolute atomic E-state index is 13.4. The van der Waals surface area contributed by atoms with Gasteiger partial charge < -0.3 is 10.2 Å². The van der Waals surface area contributed by atoms with Crippen molar-refractivity contribution in [2.75, 3.05) is 0 Å². The molecule has 33 heavy (non-hydrogen) atoms. The van der Waals surface area contributed by atoms with E-state index in [0.717, 1.165) is 32.1 Å². The van der Waals surface area contributed by atoms with Crippen molar-refractivity contribution in [1.29, 1.82) is 0 Å². The van der Waals surface area contributed by atoms with Gasteiger partial charge >= 0.3 is 0 Å². The maximum Gasteiger partial charge on any atom is 0.273 e. The van der Waals surface area contributed by atoms with Gasteiger partial charge in [0, 0.05) is 34.3 Å². The number of hydrogen-bond acceptors (Lipinski definition) is 4. The Morgan fingerprint density at radius 1 is 1.12 bits per heavy atom. The minimum atomic E-state index is -0.783. The lowest BCUT2D eigenvalue weighted by Gasteiger charge is -2.31. The Morgan fingerprint density at radius 2 is 1.82 bits per heavy atom. The maximum atomic E-state index is 13.4. The molecule has 0 saturated heterocycles. The molecule has 1 saturated carbocycles. The van der Waals surface area contributed by atoms with E-state index in [9.17, 15) is 19.7 Å². The Bertz CT molecular complexity index is 1020. The number of carbonyl (C=O) groups is 2. The molecule has 0 aromatic heterocycles. The summed E-state index contributed by atoms with van der Waals surface area (Å²) in [7, 11) is 0. The molecule has 176 valence electrons. The second-order valence-corrected chi connectivity index (χ2v) is 9.18. The molecular weight excluding hydrogens is 465 g/mol. The molecule has 1 N–H and O–H groups in total. The van der Waals surface area contributed by atoms with Crippen LogP contribution < -0.4 is 5.32 Å². The zero-order valence-corrected chi connectivity index (χ0v) is 19.9. The molecule has 0 spiro atoms. The third-order valence-electron chi connectivity index (χ3n) is 6.00. The lowest BCUT2D eigenvalue weighted by atomic mass is 9.95. The first-order chi connectivity index (χ1) is 15.8. The summed E-state index contributed by atoms with van der Waals surface area (Å²) in [6, 6.07) is 10.4. The average Bonchev–Trinajstić information content (AvgIpc) is 2.79. The van der Waals surface area contributed by atoms with E-state index in [2.05, 4.69) is 5.32 Å². The number of rotatable bonds is 8. The van der Waals surface area contributed by atoms with Gasteiger partial charge in [-0.2, -0.15) is 0 Å². The first-order valence-corrected chi connectivity index (χ1v) is 11.8. The average molecular weight is 492 g/mol. The molecule has 1 aliphatic rings. The molecule has 3 rings (SSSR count). The smallest absolute Gasteiger partial charge is 0.273 e. The highest BCUT2D eigenvalue weighted by Crippen LogP contribution is 2.25. The number of halogens is 2. The van der Waals surface area contributed by atoms with Crippen LogP contribution in [-0.2, 0) is 22.6 Å². The Hall–Kier alpha value is -2.64. The molecule has 0 radical (unpaired) electrons. The van der Waals surface area contributed by atoms with E-state index in [0.29, 0.717) is 21.2 Å². The zero-order valence-electron chi connectivity index (χ0n) is 18.4. The molecule has 2 amide bonds. The van der Waals surface area contributed by atoms with Crippen LogP contribution in [0.25, 0.3) is 0 Å². The molecule has 2 aromatic rings. The quantitative estimate of drug-likeness (QED) is 0.399. The van der Waals surface area contributed by atoms with Crippen molar-refractivity contribution in [3.05, 3.63) is 73.8 Å². The molecule has 0 aliphatic heterocycles. The van der Waals surface area contributed by atoms with Crippen molar-refractivity contribution in [3.63, 3.8) is 0 Å². The molecule has 0 bridgehead atoms. The summed E-state index contributed by atoms with van der Waals surface area (Å²) in [5, 5.41) is 15.3. The van der Waals surface area contributed by atoms with Gasteiger partial charge in [0.15, 0.2) is 0 Å². The van der Waals surface area contributed by atoms with E-state index in [4.69, 9.17) is 23.2 Å². The lowest BCUT2D eigenvalue weighted by Crippen LogP contribution is -2.50. The number of nitrogens with one attached hydrogen (secondary N) is 1. The SMILES string of the molecule is CC(C(=O)NC1CCCCC1)N(Cc1ccc(Cl)cc1Cl)C(=O)Cc1ccccc1[N+](=O)[O-]. The summed E-state index contributed by atoms with van der Waals surface area (Å²) in [4.78, 5) is 38.7. The number of hydrogen-bond donors (Lipinski definition) is 1. The third-order valence-corrected chi connectivity index (χ3v) is 6.59. The summed E-state index contributed by atoms with van der Waals surface area (Å²) in [6.45, 7) is 1.74. The Balaban J connectivity index is 1.84. The predicted molar refractivity (Wildman–Crippen MR) is 128 cm³/mol. The molecule has 2 aromatic carbocycles. The minimum Gasteiger partial charge on any atom is -0.352 e. The number of para-hydroxylation sites is 1. The van der Waals surface area contributed by atoms with Crippen LogP contribution in [0.15, 0.2) is 42.5 Å². The number of amides is 2. The van der Waals surface area contributed by atoms with E-state index >= 15 is 0 Å². The topological polar surface area (TPSA) is 92.6 Å². The highest BCUT2D eigenvalue weighted by Gasteiger charge is 2.29. The predicted octanol–water partition coefficient (Wildman–Crippen LogP) is 5.31. The van der Waals surface area contributed by atoms with Gasteiger partial charge in [-0.3, -0.25) is 19.7 Å². The zero-order chi connectivity index (χ0) is 24.0. The number of nitrogens with zero attached hydrogens (tertiary/aromatic N) is 2. The second kappa shape index (κ2) is 11.5. The van der Waals surface area contributed by atoms with Gasteiger partial charge in [-0.05, 0) is 37.5 Å². The van der Waals surface area contributed by atoms with E-state index in [1.807, 2.05) is 0 Å². The van der Waals surface area contributed by atoms with Crippen molar-refractivity contribution in [2.45, 2.75) is 64.1 Å². The van der Waals surface area contributed by atoms with Crippen molar-refractivity contribution in [2.24, 2.45) is 0 Å². The van der Waals surface area contributed by atoms with Crippen LogP contribution in [-0.4, -0.2) is 33.7 Å². The van der Waals surface area contributed by atoms with Crippen molar-refractivity contribution in [1.82, 2.24) is 10.2 Å². The van der Waals surface area contributed by atoms with E-state index < -0.39 is 16.9 Å². The largest absolute Gasteiger partial charge is 0.352 e. The van der Waals surface area contributed by atoms with Gasteiger partial charge in [-0.1, -0.05) is 66.7 Å². The van der Waals surface area contributed by atoms with E-state index in [1.54, 1.807) is 43.3 Å². The number of benzene rings is 2. The van der Waals surface area contributed by atoms with Crippen molar-refractivity contribution in [3.8, 4) is 0 Å². The van der Waals surface area contributed by atoms with Crippen molar-refractivity contribution < 1.29 is 14.5 Å². The molecule has 9 heteroatoms. The Labute approximate surface area is 203 Å². The highest BCUT2D eigenvalue weighted by atomic mass is 35.5. The number of nitro groups is 1. The first-order valence-electron chi connectivity index (χ1n) is 11.0. The minimum absolute atomic E-state index is 0.0781. The highest BCUT2D eigenvalue weighted by molar-refractivity contribution is 6.35. The summed E-state index contributed by atoms with van der Waals surface area (Å²) in [5.41, 5.74) is 0.795. The van der Waals surface area contributed by atoms with Gasteiger partial charge in [0.05, 0.1) is 11.3 Å². The normalized spacial score (nSPS) is 15.0. The molecule has 1 unspecified atom stereocenters. The molecule has 0 heterocycles. The third kappa shape index (κ3) is 6.68. The fraction of sp³-hybridized carbons (Fsp3) is 0.417. The van der Waals surface area contributed by atoms with Crippen LogP contribution in [0, 0.1) is 10.1 Å². The van der Waals surface area contributed by atoms with Gasteiger partial charge in [0.2, 0.25) is 11.8 Å². The van der Waals surface area contributed by atoms with Crippen LogP contribution in [0.2, 0.25) is 10.0 Å². The lowest BCUT2D eigenvalue weighted by molar-refractivity contribution is -0.385. The number of nitro benzene ring substituents is 1. The van der Waals surface area contributed by atoms with Crippen molar-refractivity contribution >= 4 is 40.7 Å². The second-order valence-electron chi connectivity index (χ2n) is 8.34. The fourth-order valence-corrected chi connectivity index (χ4v) is 4.56. The summed E-state index contributed by atoms with van der Waals surface area (Å²) >= 11 is 12.3. The molecule has 7 nitrogen and oxygen atoms in total. The van der Waals surface area contributed by atoms with E-state index in [1.165, 1.54) is 11.0 Å². The van der Waals surface area contributed by atoms with Crippen LogP contribution in [0.4, 0.5) is 5.69 Å². The molecular formula is C24H27Cl2N3O4. The van der Waals surface area contributed by atoms with Crippen LogP contribution in [0.3, 0.4) is 0 Å². The van der Waals surface area contributed by atoms with Crippen LogP contribution >= 0.6 is 23.2 Å². The standard InChI is InChI=1S/C24H27Cl2N3O4/c1-16(24(31)27-20-8-3-2-4-9-20)28(15-18-11-12-19(25)14-21(18)26)23(30)13-17-7-5-6-10-22(17)29(32)33/h5-7,10-12,14,16,20H,2-4,8-9,13,15H2,1H3,(H,27,31). The molecule has 1 fully saturated rings. The first kappa shape index (κ1) is 25.0. The summed E-state index contributed by atoms with van der Waals surface area (Å²) in [6.07, 6.45) is 4.94.